The molecule has 0 spiro atoms. The SMILES string of the molecule is CC(C)(C)c1cc2c3c(c1)N(c1ccc(-c4cc5ccccc5s4)cc1-c1ccccc1)c1sc4ccc(C(C)(C)C)cc4c1B3c1c(sc3ccc(C(C)(C)C)cc13)N2c1ccc(-c2cc3ccccc3s2)cc1-c1ccccc1. The van der Waals surface area contributed by atoms with Crippen molar-refractivity contribution < 1.29 is 0 Å². The smallest absolute Gasteiger partial charge is 0.256 e. The van der Waals surface area contributed by atoms with Crippen molar-refractivity contribution in [2.75, 3.05) is 9.80 Å². The highest BCUT2D eigenvalue weighted by Crippen LogP contribution is 2.55. The van der Waals surface area contributed by atoms with E-state index >= 15 is 0 Å². The fourth-order valence-corrected chi connectivity index (χ4v) is 17.2. The van der Waals surface area contributed by atoms with Crippen molar-refractivity contribution in [3.05, 3.63) is 223 Å². The van der Waals surface area contributed by atoms with Crippen LogP contribution in [0.1, 0.15) is 79.0 Å². The molecule has 0 fully saturated rings. The molecule has 2 aliphatic heterocycles. The molecule has 0 N–H and O–H groups in total. The van der Waals surface area contributed by atoms with Crippen LogP contribution in [-0.2, 0) is 16.2 Å². The van der Waals surface area contributed by atoms with Gasteiger partial charge in [0, 0.05) is 51.1 Å². The Morgan fingerprint density at radius 3 is 1.12 bits per heavy atom. The van der Waals surface area contributed by atoms with E-state index in [-0.39, 0.29) is 23.0 Å². The van der Waals surface area contributed by atoms with Crippen molar-refractivity contribution in [1.82, 2.24) is 0 Å². The average molecular weight is 1120 g/mol. The van der Waals surface area contributed by atoms with Gasteiger partial charge in [0.15, 0.2) is 0 Å². The predicted molar refractivity (Wildman–Crippen MR) is 360 cm³/mol. The Morgan fingerprint density at radius 1 is 0.309 bits per heavy atom. The third kappa shape index (κ3) is 8.28. The molecule has 2 nitrogen and oxygen atoms in total. The van der Waals surface area contributed by atoms with E-state index in [1.165, 1.54) is 149 Å². The Balaban J connectivity index is 1.08. The van der Waals surface area contributed by atoms with Gasteiger partial charge in [-0.15, -0.1) is 45.3 Å². The predicted octanol–water partition coefficient (Wildman–Crippen LogP) is 21.2. The second kappa shape index (κ2) is 18.5. The van der Waals surface area contributed by atoms with Crippen molar-refractivity contribution in [2.24, 2.45) is 0 Å². The Labute approximate surface area is 492 Å². The van der Waals surface area contributed by atoms with Crippen molar-refractivity contribution in [3.8, 4) is 43.1 Å². The Kier molecular flexibility index (Phi) is 11.5. The van der Waals surface area contributed by atoms with E-state index < -0.39 is 0 Å². The third-order valence-electron chi connectivity index (χ3n) is 17.0. The van der Waals surface area contributed by atoms with E-state index in [9.17, 15) is 0 Å². The number of anilines is 6. The van der Waals surface area contributed by atoms with Crippen LogP contribution in [0, 0.1) is 0 Å². The van der Waals surface area contributed by atoms with Crippen molar-refractivity contribution in [1.29, 1.82) is 0 Å². The molecule has 0 saturated heterocycles. The number of hydrogen-bond acceptors (Lipinski definition) is 6. The van der Waals surface area contributed by atoms with E-state index in [1.54, 1.807) is 0 Å². The lowest BCUT2D eigenvalue weighted by molar-refractivity contribution is 0.590. The Morgan fingerprint density at radius 2 is 0.716 bits per heavy atom. The molecular formula is C74H61BN2S4. The largest absolute Gasteiger partial charge is 0.302 e. The van der Waals surface area contributed by atoms with Crippen LogP contribution in [0.4, 0.5) is 32.8 Å². The molecule has 13 aromatic rings. The number of benzene rings is 9. The number of fused-ring (bicyclic) bond motifs is 10. The lowest BCUT2D eigenvalue weighted by Gasteiger charge is -2.44. The summed E-state index contributed by atoms with van der Waals surface area (Å²) in [5, 5.41) is 7.84. The molecule has 0 saturated carbocycles. The summed E-state index contributed by atoms with van der Waals surface area (Å²) < 4.78 is 5.24. The zero-order valence-electron chi connectivity index (χ0n) is 47.2. The molecule has 2 aliphatic rings. The summed E-state index contributed by atoms with van der Waals surface area (Å²) >= 11 is 7.68. The molecule has 9 aromatic carbocycles. The fraction of sp³-hybridized carbons (Fsp3) is 0.162. The Hall–Kier alpha value is -7.52. The van der Waals surface area contributed by atoms with Crippen LogP contribution >= 0.6 is 45.3 Å². The van der Waals surface area contributed by atoms with E-state index in [4.69, 9.17) is 0 Å². The number of rotatable bonds is 6. The fourth-order valence-electron chi connectivity index (χ4n) is 12.6. The van der Waals surface area contributed by atoms with Gasteiger partial charge in [-0.2, -0.15) is 0 Å². The molecule has 0 aliphatic carbocycles. The van der Waals surface area contributed by atoms with E-state index in [0.717, 1.165) is 0 Å². The first-order chi connectivity index (χ1) is 39.0. The first-order valence-electron chi connectivity index (χ1n) is 28.3. The molecule has 0 amide bonds. The maximum Gasteiger partial charge on any atom is 0.256 e. The van der Waals surface area contributed by atoms with Gasteiger partial charge in [-0.1, -0.05) is 196 Å². The molecule has 0 bridgehead atoms. The molecule has 15 rings (SSSR count). The van der Waals surface area contributed by atoms with Gasteiger partial charge >= 0.3 is 0 Å². The van der Waals surface area contributed by atoms with Crippen molar-refractivity contribution in [2.45, 2.75) is 78.6 Å². The van der Waals surface area contributed by atoms with Crippen molar-refractivity contribution in [3.63, 3.8) is 0 Å². The van der Waals surface area contributed by atoms with E-state index in [2.05, 4.69) is 278 Å². The van der Waals surface area contributed by atoms with Gasteiger partial charge in [0.2, 0.25) is 0 Å². The highest BCUT2D eigenvalue weighted by Gasteiger charge is 2.48. The normalized spacial score (nSPS) is 13.4. The number of nitrogens with zero attached hydrogens (tertiary/aromatic N) is 2. The van der Waals surface area contributed by atoms with Crippen LogP contribution in [0.5, 0.6) is 0 Å². The minimum atomic E-state index is -0.191. The summed E-state index contributed by atoms with van der Waals surface area (Å²) in [6, 6.07) is 79.1. The van der Waals surface area contributed by atoms with Gasteiger partial charge in [-0.3, -0.25) is 0 Å². The van der Waals surface area contributed by atoms with Gasteiger partial charge in [-0.25, -0.2) is 0 Å². The maximum absolute atomic E-state index is 2.71. The number of thiophene rings is 4. The minimum Gasteiger partial charge on any atom is -0.302 e. The van der Waals surface area contributed by atoms with Crippen LogP contribution in [0.2, 0.25) is 0 Å². The second-order valence-electron chi connectivity index (χ2n) is 25.3. The van der Waals surface area contributed by atoms with Crippen LogP contribution in [0.25, 0.3) is 83.5 Å². The monoisotopic (exact) mass is 1120 g/mol. The molecule has 4 aromatic heterocycles. The molecule has 7 heteroatoms. The van der Waals surface area contributed by atoms with Gasteiger partial charge in [0.05, 0.1) is 21.4 Å². The van der Waals surface area contributed by atoms with Crippen molar-refractivity contribution >= 4 is 142 Å². The van der Waals surface area contributed by atoms with Crippen LogP contribution in [0.3, 0.4) is 0 Å². The summed E-state index contributed by atoms with van der Waals surface area (Å²) in [6.07, 6.45) is 0. The summed E-state index contributed by atoms with van der Waals surface area (Å²) in [5.41, 5.74) is 20.0. The highest BCUT2D eigenvalue weighted by molar-refractivity contribution is 7.29. The maximum atomic E-state index is 2.71. The molecule has 394 valence electrons. The molecule has 81 heavy (non-hydrogen) atoms. The first-order valence-corrected chi connectivity index (χ1v) is 31.6. The summed E-state index contributed by atoms with van der Waals surface area (Å²) in [6.45, 7) is 21.3. The van der Waals surface area contributed by atoms with Crippen LogP contribution in [-0.4, -0.2) is 6.71 Å². The summed E-state index contributed by atoms with van der Waals surface area (Å²) in [4.78, 5) is 7.97. The lowest BCUT2D eigenvalue weighted by atomic mass is 9.33. The zero-order chi connectivity index (χ0) is 55.3. The molecule has 0 radical (unpaired) electrons. The molecule has 0 unspecified atom stereocenters. The van der Waals surface area contributed by atoms with E-state index in [1.807, 2.05) is 45.3 Å². The molecule has 6 heterocycles. The van der Waals surface area contributed by atoms with Gasteiger partial charge < -0.3 is 9.80 Å². The molecular weight excluding hydrogens is 1060 g/mol. The standard InChI is InChI=1S/C74H61BN2S4/c1-72(2,3)50-30-34-63-55(40-50)67-70(80-63)76(57-32-28-48(36-53(57)44-20-12-10-13-21-44)65-38-46-24-16-18-26-61(46)78-65)59-42-52(74(7,8)9)43-60-69(59)75(67)68-56-41-51(73(4,5)6)31-35-64(56)81-71(68)77(60)58-33-29-49(37-54(58)45-22-14-11-15-23-45)66-39-47-25-17-19-27-62(47)79-66/h10-43H,1-9H3. The van der Waals surface area contributed by atoms with E-state index in [0.29, 0.717) is 0 Å². The topological polar surface area (TPSA) is 6.48 Å². The third-order valence-corrected chi connectivity index (χ3v) is 21.6. The minimum absolute atomic E-state index is 0.0496. The first kappa shape index (κ1) is 50.4. The summed E-state index contributed by atoms with van der Waals surface area (Å²) in [5.74, 6) is 0. The van der Waals surface area contributed by atoms with Gasteiger partial charge in [0.25, 0.3) is 6.71 Å². The Bertz CT molecular complexity index is 4310. The molecule has 0 atom stereocenters. The van der Waals surface area contributed by atoms with Crippen LogP contribution in [0.15, 0.2) is 206 Å². The average Bonchev–Trinajstić information content (AvgIpc) is 3.46. The number of hydrogen-bond donors (Lipinski definition) is 0. The summed E-state index contributed by atoms with van der Waals surface area (Å²) in [7, 11) is 0. The van der Waals surface area contributed by atoms with Crippen LogP contribution < -0.4 is 26.2 Å². The highest BCUT2D eigenvalue weighted by atomic mass is 32.1. The quantitative estimate of drug-likeness (QED) is 0.153. The zero-order valence-corrected chi connectivity index (χ0v) is 50.5. The second-order valence-corrected chi connectivity index (χ2v) is 29.6. The van der Waals surface area contributed by atoms with Gasteiger partial charge in [-0.05, 0) is 166 Å². The van der Waals surface area contributed by atoms with Gasteiger partial charge in [0.1, 0.15) is 0 Å². The lowest BCUT2D eigenvalue weighted by Crippen LogP contribution is -2.60.